The van der Waals surface area contributed by atoms with Gasteiger partial charge in [-0.05, 0) is 143 Å². The quantitative estimate of drug-likeness (QED) is 0.160. The molecule has 250 valence electrons. The Morgan fingerprint density at radius 1 is 0.864 bits per heavy atom. The number of allylic oxidation sites excluding steroid dienone is 1. The van der Waals surface area contributed by atoms with Crippen LogP contribution in [0.25, 0.3) is 0 Å². The number of carboxylic acids is 1. The standard InChI is InChI=1S/C40H66O4/c1-11-12-13-19-40-22-16-27(26(2)3)33(40)28-14-15-30-37(8)20-18-31(44-32(41)25-35(4,5)34(42)43)36(6,7)29(37)17-21-39(30,10)38(28,9)23-24-40/h27-31,33H,2,11-25H2,1,3-10H3,(H,42,43)/t27?,28-,29+,30-,31+,33-,37+,38-,39-,40-/m1/s1. The van der Waals surface area contributed by atoms with Crippen LogP contribution in [-0.2, 0) is 14.3 Å². The van der Waals surface area contributed by atoms with Crippen LogP contribution < -0.4 is 0 Å². The Balaban J connectivity index is 1.40. The third-order valence-electron chi connectivity index (χ3n) is 15.9. The lowest BCUT2D eigenvalue weighted by Gasteiger charge is -2.73. The highest BCUT2D eigenvalue weighted by molar-refractivity contribution is 5.81. The number of carbonyl (C=O) groups excluding carboxylic acids is 1. The van der Waals surface area contributed by atoms with Crippen molar-refractivity contribution < 1.29 is 19.4 Å². The molecule has 0 amide bonds. The van der Waals surface area contributed by atoms with Crippen LogP contribution in [0.15, 0.2) is 12.2 Å². The summed E-state index contributed by atoms with van der Waals surface area (Å²) in [5.41, 5.74) is 1.65. The van der Waals surface area contributed by atoms with Gasteiger partial charge in [0.2, 0.25) is 0 Å². The summed E-state index contributed by atoms with van der Waals surface area (Å²) in [5.74, 6) is 2.18. The number of fused-ring (bicyclic) bond motifs is 7. The Morgan fingerprint density at radius 3 is 2.20 bits per heavy atom. The van der Waals surface area contributed by atoms with Gasteiger partial charge in [0.1, 0.15) is 6.10 Å². The van der Waals surface area contributed by atoms with E-state index in [1.807, 2.05) is 0 Å². The lowest BCUT2D eigenvalue weighted by molar-refractivity contribution is -0.250. The molecule has 44 heavy (non-hydrogen) atoms. The molecule has 5 aliphatic rings. The van der Waals surface area contributed by atoms with Crippen molar-refractivity contribution >= 4 is 11.9 Å². The SMILES string of the molecule is C=C(C)C1CC[C@]2(CCCCC)CC[C@]3(C)[C@H](CC[C@@H]4[C@@]5(C)CC[C@H](OC(=O)CC(C)(C)C(=O)O)C(C)(C)[C@@H]5CC[C@]43C)[C@@H]12. The molecule has 5 saturated carbocycles. The maximum absolute atomic E-state index is 13.0. The molecule has 0 bridgehead atoms. The van der Waals surface area contributed by atoms with Crippen molar-refractivity contribution in [3.05, 3.63) is 12.2 Å². The van der Waals surface area contributed by atoms with Gasteiger partial charge in [0, 0.05) is 5.41 Å². The number of hydrogen-bond donors (Lipinski definition) is 1. The highest BCUT2D eigenvalue weighted by atomic mass is 16.5. The van der Waals surface area contributed by atoms with Gasteiger partial charge < -0.3 is 9.84 Å². The lowest BCUT2D eigenvalue weighted by Crippen LogP contribution is -2.66. The molecule has 0 aromatic carbocycles. The maximum Gasteiger partial charge on any atom is 0.309 e. The number of ether oxygens (including phenoxy) is 1. The normalized spacial score (nSPS) is 44.5. The Bertz CT molecular complexity index is 1140. The number of carboxylic acid groups (broad SMARTS) is 1. The minimum absolute atomic E-state index is 0.0798. The summed E-state index contributed by atoms with van der Waals surface area (Å²) >= 11 is 0. The van der Waals surface area contributed by atoms with E-state index in [0.29, 0.717) is 34.0 Å². The third-order valence-corrected chi connectivity index (χ3v) is 15.9. The van der Waals surface area contributed by atoms with Crippen LogP contribution in [-0.4, -0.2) is 23.1 Å². The monoisotopic (exact) mass is 610 g/mol. The molecule has 5 aliphatic carbocycles. The smallest absolute Gasteiger partial charge is 0.309 e. The van der Waals surface area contributed by atoms with E-state index in [0.717, 1.165) is 24.7 Å². The molecule has 0 spiro atoms. The van der Waals surface area contributed by atoms with Crippen molar-refractivity contribution in [2.24, 2.45) is 62.1 Å². The van der Waals surface area contributed by atoms with Crippen LogP contribution in [0.1, 0.15) is 159 Å². The van der Waals surface area contributed by atoms with E-state index < -0.39 is 11.4 Å². The third kappa shape index (κ3) is 5.04. The summed E-state index contributed by atoms with van der Waals surface area (Å²) in [7, 11) is 0. The molecule has 5 fully saturated rings. The molecule has 0 heterocycles. The van der Waals surface area contributed by atoms with Gasteiger partial charge >= 0.3 is 11.9 Å². The van der Waals surface area contributed by atoms with E-state index in [2.05, 4.69) is 55.0 Å². The maximum atomic E-state index is 13.0. The first kappa shape index (κ1) is 34.0. The molecule has 0 radical (unpaired) electrons. The average Bonchev–Trinajstić information content (AvgIpc) is 3.30. The number of carbonyl (C=O) groups is 2. The Hall–Kier alpha value is -1.32. The van der Waals surface area contributed by atoms with Gasteiger partial charge in [-0.15, -0.1) is 0 Å². The van der Waals surface area contributed by atoms with Crippen LogP contribution in [0.5, 0.6) is 0 Å². The lowest BCUT2D eigenvalue weighted by atomic mass is 9.32. The van der Waals surface area contributed by atoms with Gasteiger partial charge in [-0.2, -0.15) is 0 Å². The zero-order valence-electron chi connectivity index (χ0n) is 29.9. The van der Waals surface area contributed by atoms with Crippen molar-refractivity contribution in [1.82, 2.24) is 0 Å². The number of hydrogen-bond acceptors (Lipinski definition) is 3. The summed E-state index contributed by atoms with van der Waals surface area (Å²) in [6, 6.07) is 0. The first-order valence-corrected chi connectivity index (χ1v) is 18.5. The molecular weight excluding hydrogens is 544 g/mol. The van der Waals surface area contributed by atoms with E-state index >= 15 is 0 Å². The minimum atomic E-state index is -1.11. The van der Waals surface area contributed by atoms with Crippen molar-refractivity contribution in [1.29, 1.82) is 0 Å². The molecule has 0 aromatic rings. The van der Waals surface area contributed by atoms with E-state index in [9.17, 15) is 14.7 Å². The summed E-state index contributed by atoms with van der Waals surface area (Å²) in [4.78, 5) is 24.7. The van der Waals surface area contributed by atoms with Gasteiger partial charge in [-0.25, -0.2) is 0 Å². The molecule has 5 rings (SSSR count). The number of aliphatic carboxylic acids is 1. The van der Waals surface area contributed by atoms with Gasteiger partial charge in [-0.1, -0.05) is 73.0 Å². The second-order valence-electron chi connectivity index (χ2n) is 18.7. The molecule has 0 aliphatic heterocycles. The number of rotatable bonds is 9. The minimum Gasteiger partial charge on any atom is -0.481 e. The van der Waals surface area contributed by atoms with E-state index in [1.165, 1.54) is 82.6 Å². The van der Waals surface area contributed by atoms with Crippen molar-refractivity contribution in [3.63, 3.8) is 0 Å². The Kier molecular flexibility index (Phi) is 8.84. The molecule has 0 aromatic heterocycles. The summed E-state index contributed by atoms with van der Waals surface area (Å²) in [6.07, 6.45) is 18.0. The highest BCUT2D eigenvalue weighted by Crippen LogP contribution is 2.78. The van der Waals surface area contributed by atoms with Crippen LogP contribution >= 0.6 is 0 Å². The largest absolute Gasteiger partial charge is 0.481 e. The fraction of sp³-hybridized carbons (Fsp3) is 0.900. The highest BCUT2D eigenvalue weighted by Gasteiger charge is 2.71. The molecule has 1 N–H and O–H groups in total. The molecular formula is C40H66O4. The second kappa shape index (κ2) is 11.4. The van der Waals surface area contributed by atoms with Crippen LogP contribution in [0, 0.1) is 62.1 Å². The van der Waals surface area contributed by atoms with Gasteiger partial charge in [-0.3, -0.25) is 9.59 Å². The first-order valence-electron chi connectivity index (χ1n) is 18.5. The van der Waals surface area contributed by atoms with Crippen molar-refractivity contribution in [3.8, 4) is 0 Å². The molecule has 0 saturated heterocycles. The van der Waals surface area contributed by atoms with E-state index in [-0.39, 0.29) is 29.3 Å². The topological polar surface area (TPSA) is 63.6 Å². The van der Waals surface area contributed by atoms with E-state index in [1.54, 1.807) is 13.8 Å². The van der Waals surface area contributed by atoms with Crippen molar-refractivity contribution in [2.45, 2.75) is 165 Å². The predicted molar refractivity (Wildman–Crippen MR) is 179 cm³/mol. The van der Waals surface area contributed by atoms with Crippen LogP contribution in [0.3, 0.4) is 0 Å². The summed E-state index contributed by atoms with van der Waals surface area (Å²) < 4.78 is 6.18. The second-order valence-corrected chi connectivity index (χ2v) is 18.7. The molecule has 10 atom stereocenters. The molecule has 4 heteroatoms. The van der Waals surface area contributed by atoms with E-state index in [4.69, 9.17) is 4.74 Å². The fourth-order valence-electron chi connectivity index (χ4n) is 13.3. The van der Waals surface area contributed by atoms with Gasteiger partial charge in [0.15, 0.2) is 0 Å². The summed E-state index contributed by atoms with van der Waals surface area (Å²) in [6.45, 7) is 25.2. The van der Waals surface area contributed by atoms with Crippen LogP contribution in [0.4, 0.5) is 0 Å². The molecule has 1 unspecified atom stereocenters. The van der Waals surface area contributed by atoms with Crippen LogP contribution in [0.2, 0.25) is 0 Å². The molecule has 4 nitrogen and oxygen atoms in total. The van der Waals surface area contributed by atoms with Gasteiger partial charge in [0.25, 0.3) is 0 Å². The average molecular weight is 611 g/mol. The Labute approximate surface area is 269 Å². The summed E-state index contributed by atoms with van der Waals surface area (Å²) in [5, 5.41) is 9.57. The predicted octanol–water partition coefficient (Wildman–Crippen LogP) is 10.6. The zero-order chi connectivity index (χ0) is 32.5. The number of esters is 1. The van der Waals surface area contributed by atoms with Gasteiger partial charge in [0.05, 0.1) is 11.8 Å². The first-order chi connectivity index (χ1) is 20.4. The number of unbranched alkanes of at least 4 members (excludes halogenated alkanes) is 2. The Morgan fingerprint density at radius 2 is 1.57 bits per heavy atom. The fourth-order valence-corrected chi connectivity index (χ4v) is 13.3. The zero-order valence-corrected chi connectivity index (χ0v) is 29.9. The van der Waals surface area contributed by atoms with Crippen molar-refractivity contribution in [2.75, 3.05) is 0 Å².